The monoisotopic (exact) mass is 458 g/mol. The summed E-state index contributed by atoms with van der Waals surface area (Å²) in [5, 5.41) is 3.44. The molecular formula is C21H16BrClN2O3. The highest BCUT2D eigenvalue weighted by Gasteiger charge is 2.48. The Morgan fingerprint density at radius 2 is 1.64 bits per heavy atom. The first-order valence-corrected chi connectivity index (χ1v) is 10.0. The summed E-state index contributed by atoms with van der Waals surface area (Å²) in [7, 11) is 0. The van der Waals surface area contributed by atoms with Crippen molar-refractivity contribution in [2.75, 3.05) is 10.2 Å². The molecule has 0 radical (unpaired) electrons. The van der Waals surface area contributed by atoms with Gasteiger partial charge in [-0.05, 0) is 61.4 Å². The average Bonchev–Trinajstić information content (AvgIpc) is 2.93. The number of allylic oxidation sites excluding steroid dienone is 2. The van der Waals surface area contributed by atoms with E-state index in [4.69, 9.17) is 11.6 Å². The normalized spacial score (nSPS) is 21.4. The van der Waals surface area contributed by atoms with E-state index in [1.807, 2.05) is 18.2 Å². The SMILES string of the molecule is O=C(Nc1ccc(Br)cc1)c1ccc(N2C(=O)[C@H]3CC(Cl)=CC[C@H]3C2=O)cc1. The second kappa shape index (κ2) is 7.53. The molecular weight excluding hydrogens is 444 g/mol. The maximum absolute atomic E-state index is 12.7. The number of carbonyl (C=O) groups is 3. The van der Waals surface area contributed by atoms with Crippen LogP contribution in [-0.2, 0) is 9.59 Å². The number of nitrogens with zero attached hydrogens (tertiary/aromatic N) is 1. The van der Waals surface area contributed by atoms with E-state index in [9.17, 15) is 14.4 Å². The van der Waals surface area contributed by atoms with E-state index in [0.717, 1.165) is 4.47 Å². The van der Waals surface area contributed by atoms with Crippen molar-refractivity contribution in [3.63, 3.8) is 0 Å². The number of carbonyl (C=O) groups excluding carboxylic acids is 3. The smallest absolute Gasteiger partial charge is 0.255 e. The largest absolute Gasteiger partial charge is 0.322 e. The van der Waals surface area contributed by atoms with Crippen LogP contribution in [0.1, 0.15) is 23.2 Å². The maximum Gasteiger partial charge on any atom is 0.255 e. The van der Waals surface area contributed by atoms with Gasteiger partial charge in [-0.2, -0.15) is 0 Å². The summed E-state index contributed by atoms with van der Waals surface area (Å²) in [6.07, 6.45) is 2.70. The summed E-state index contributed by atoms with van der Waals surface area (Å²) in [5.74, 6) is -1.45. The Morgan fingerprint density at radius 1 is 1.00 bits per heavy atom. The number of hydrogen-bond donors (Lipinski definition) is 1. The molecule has 1 saturated heterocycles. The number of anilines is 2. The molecule has 1 N–H and O–H groups in total. The third-order valence-electron chi connectivity index (χ3n) is 5.06. The molecule has 2 atom stereocenters. The van der Waals surface area contributed by atoms with Crippen LogP contribution in [0.4, 0.5) is 11.4 Å². The van der Waals surface area contributed by atoms with Gasteiger partial charge in [-0.3, -0.25) is 19.3 Å². The Labute approximate surface area is 175 Å². The highest BCUT2D eigenvalue weighted by molar-refractivity contribution is 9.10. The molecule has 1 heterocycles. The van der Waals surface area contributed by atoms with Gasteiger partial charge in [0.1, 0.15) is 0 Å². The molecule has 2 aliphatic rings. The molecule has 1 aliphatic heterocycles. The molecule has 142 valence electrons. The second-order valence-corrected chi connectivity index (χ2v) is 8.22. The molecule has 3 amide bonds. The number of fused-ring (bicyclic) bond motifs is 1. The highest BCUT2D eigenvalue weighted by Crippen LogP contribution is 2.40. The molecule has 0 saturated carbocycles. The van der Waals surface area contributed by atoms with Crippen LogP contribution in [0.25, 0.3) is 0 Å². The van der Waals surface area contributed by atoms with Crippen molar-refractivity contribution in [2.24, 2.45) is 11.8 Å². The van der Waals surface area contributed by atoms with Crippen LogP contribution in [0, 0.1) is 11.8 Å². The van der Waals surface area contributed by atoms with Crippen LogP contribution in [0.15, 0.2) is 64.1 Å². The van der Waals surface area contributed by atoms with E-state index >= 15 is 0 Å². The van der Waals surface area contributed by atoms with Crippen LogP contribution >= 0.6 is 27.5 Å². The van der Waals surface area contributed by atoms with Crippen LogP contribution in [0.2, 0.25) is 0 Å². The number of nitrogens with one attached hydrogen (secondary N) is 1. The average molecular weight is 460 g/mol. The molecule has 28 heavy (non-hydrogen) atoms. The Bertz CT molecular complexity index is 986. The van der Waals surface area contributed by atoms with E-state index in [0.29, 0.717) is 34.8 Å². The lowest BCUT2D eigenvalue weighted by molar-refractivity contribution is -0.122. The lowest BCUT2D eigenvalue weighted by Gasteiger charge is -2.17. The van der Waals surface area contributed by atoms with Gasteiger partial charge in [0, 0.05) is 20.8 Å². The zero-order valence-corrected chi connectivity index (χ0v) is 17.0. The fourth-order valence-corrected chi connectivity index (χ4v) is 4.10. The highest BCUT2D eigenvalue weighted by atomic mass is 79.9. The third-order valence-corrected chi connectivity index (χ3v) is 5.90. The van der Waals surface area contributed by atoms with E-state index in [1.54, 1.807) is 36.4 Å². The van der Waals surface area contributed by atoms with Gasteiger partial charge in [-0.1, -0.05) is 33.6 Å². The quantitative estimate of drug-likeness (QED) is 0.675. The van der Waals surface area contributed by atoms with Crippen LogP contribution in [-0.4, -0.2) is 17.7 Å². The van der Waals surface area contributed by atoms with Gasteiger partial charge < -0.3 is 5.32 Å². The van der Waals surface area contributed by atoms with Crippen molar-refractivity contribution in [3.05, 3.63) is 69.7 Å². The van der Waals surface area contributed by atoms with Crippen molar-refractivity contribution in [3.8, 4) is 0 Å². The molecule has 5 nitrogen and oxygen atoms in total. The van der Waals surface area contributed by atoms with Crippen LogP contribution < -0.4 is 10.2 Å². The van der Waals surface area contributed by atoms with E-state index in [-0.39, 0.29) is 23.6 Å². The number of imide groups is 1. The number of hydrogen-bond acceptors (Lipinski definition) is 3. The lowest BCUT2D eigenvalue weighted by Crippen LogP contribution is -2.30. The van der Waals surface area contributed by atoms with Crippen molar-refractivity contribution < 1.29 is 14.4 Å². The van der Waals surface area contributed by atoms with Crippen molar-refractivity contribution in [1.29, 1.82) is 0 Å². The fourth-order valence-electron chi connectivity index (χ4n) is 3.58. The third kappa shape index (κ3) is 3.50. The maximum atomic E-state index is 12.7. The molecule has 1 fully saturated rings. The molecule has 2 aromatic carbocycles. The van der Waals surface area contributed by atoms with Gasteiger partial charge in [0.05, 0.1) is 17.5 Å². The molecule has 1 aliphatic carbocycles. The summed E-state index contributed by atoms with van der Waals surface area (Å²) in [5.41, 5.74) is 1.59. The summed E-state index contributed by atoms with van der Waals surface area (Å²) in [6, 6.07) is 13.7. The van der Waals surface area contributed by atoms with Crippen molar-refractivity contribution in [1.82, 2.24) is 0 Å². The van der Waals surface area contributed by atoms with E-state index < -0.39 is 5.92 Å². The summed E-state index contributed by atoms with van der Waals surface area (Å²) >= 11 is 9.40. The minimum absolute atomic E-state index is 0.206. The first-order chi connectivity index (χ1) is 13.4. The van der Waals surface area contributed by atoms with Crippen molar-refractivity contribution >= 4 is 56.6 Å². The van der Waals surface area contributed by atoms with Gasteiger partial charge in [0.2, 0.25) is 11.8 Å². The molecule has 2 aromatic rings. The van der Waals surface area contributed by atoms with Crippen molar-refractivity contribution in [2.45, 2.75) is 12.8 Å². The van der Waals surface area contributed by atoms with Crippen LogP contribution in [0.3, 0.4) is 0 Å². The van der Waals surface area contributed by atoms with Gasteiger partial charge >= 0.3 is 0 Å². The molecule has 0 spiro atoms. The minimum Gasteiger partial charge on any atom is -0.322 e. The fraction of sp³-hybridized carbons (Fsp3) is 0.190. The molecule has 0 bridgehead atoms. The molecule has 4 rings (SSSR count). The molecule has 0 unspecified atom stereocenters. The molecule has 0 aromatic heterocycles. The predicted octanol–water partition coefficient (Wildman–Crippen LogP) is 4.72. The summed E-state index contributed by atoms with van der Waals surface area (Å²) < 4.78 is 0.923. The number of rotatable bonds is 3. The Balaban J connectivity index is 1.50. The Kier molecular flexibility index (Phi) is 5.08. The number of amides is 3. The Morgan fingerprint density at radius 3 is 2.32 bits per heavy atom. The standard InChI is InChI=1S/C21H16BrClN2O3/c22-13-3-6-15(7-4-13)24-19(26)12-1-8-16(9-2-12)25-20(27)17-10-5-14(23)11-18(17)21(25)28/h1-9,17-18H,10-11H2,(H,24,26)/t17-,18+/m1/s1. The topological polar surface area (TPSA) is 66.5 Å². The zero-order chi connectivity index (χ0) is 19.8. The number of halogens is 2. The van der Waals surface area contributed by atoms with Gasteiger partial charge in [0.25, 0.3) is 5.91 Å². The van der Waals surface area contributed by atoms with Crippen LogP contribution in [0.5, 0.6) is 0 Å². The van der Waals surface area contributed by atoms with Gasteiger partial charge in [-0.25, -0.2) is 0 Å². The summed E-state index contributed by atoms with van der Waals surface area (Å²) in [4.78, 5) is 39.0. The minimum atomic E-state index is -0.398. The second-order valence-electron chi connectivity index (χ2n) is 6.82. The Hall–Kier alpha value is -2.44. The zero-order valence-electron chi connectivity index (χ0n) is 14.7. The molecule has 7 heteroatoms. The first kappa shape index (κ1) is 18.9. The first-order valence-electron chi connectivity index (χ1n) is 8.83. The number of benzene rings is 2. The van der Waals surface area contributed by atoms with E-state index in [1.165, 1.54) is 4.90 Å². The predicted molar refractivity (Wildman–Crippen MR) is 111 cm³/mol. The summed E-state index contributed by atoms with van der Waals surface area (Å²) in [6.45, 7) is 0. The van der Waals surface area contributed by atoms with E-state index in [2.05, 4.69) is 21.2 Å². The van der Waals surface area contributed by atoms with Gasteiger partial charge in [0.15, 0.2) is 0 Å². The van der Waals surface area contributed by atoms with Gasteiger partial charge in [-0.15, -0.1) is 0 Å². The lowest BCUT2D eigenvalue weighted by atomic mass is 9.85.